The predicted molar refractivity (Wildman–Crippen MR) is 102 cm³/mol. The van der Waals surface area contributed by atoms with E-state index in [0.717, 1.165) is 22.4 Å². The molecule has 0 saturated heterocycles. The summed E-state index contributed by atoms with van der Waals surface area (Å²) in [5, 5.41) is 9.93. The molecule has 2 aromatic carbocycles. The van der Waals surface area contributed by atoms with Crippen LogP contribution in [0.5, 0.6) is 5.75 Å². The summed E-state index contributed by atoms with van der Waals surface area (Å²) >= 11 is 5.27. The van der Waals surface area contributed by atoms with Crippen molar-refractivity contribution in [3.05, 3.63) is 64.4 Å². The third kappa shape index (κ3) is 4.18. The molecule has 7 heteroatoms. The SMILES string of the molecule is COc1ccc(-c2n[nH]c(=S)n2CC(=O)NCc2cccc(C)c2)cc1. The number of carbonyl (C=O) groups is 1. The number of carbonyl (C=O) groups excluding carboxylic acids is 1. The number of rotatable bonds is 6. The third-order valence-corrected chi connectivity index (χ3v) is 4.29. The van der Waals surface area contributed by atoms with E-state index in [9.17, 15) is 4.79 Å². The van der Waals surface area contributed by atoms with Gasteiger partial charge in [0.25, 0.3) is 0 Å². The van der Waals surface area contributed by atoms with Crippen molar-refractivity contribution >= 4 is 18.1 Å². The molecule has 0 aliphatic carbocycles. The van der Waals surface area contributed by atoms with Crippen LogP contribution < -0.4 is 10.1 Å². The fourth-order valence-corrected chi connectivity index (χ4v) is 2.84. The normalized spacial score (nSPS) is 10.5. The number of hydrogen-bond acceptors (Lipinski definition) is 4. The van der Waals surface area contributed by atoms with E-state index in [-0.39, 0.29) is 12.5 Å². The highest BCUT2D eigenvalue weighted by Gasteiger charge is 2.12. The molecule has 6 nitrogen and oxygen atoms in total. The summed E-state index contributed by atoms with van der Waals surface area (Å²) < 4.78 is 7.26. The third-order valence-electron chi connectivity index (χ3n) is 3.98. The van der Waals surface area contributed by atoms with E-state index < -0.39 is 0 Å². The fraction of sp³-hybridized carbons (Fsp3) is 0.211. The minimum Gasteiger partial charge on any atom is -0.497 e. The minimum absolute atomic E-state index is 0.0997. The topological polar surface area (TPSA) is 71.9 Å². The largest absolute Gasteiger partial charge is 0.497 e. The number of benzene rings is 2. The lowest BCUT2D eigenvalue weighted by atomic mass is 10.1. The van der Waals surface area contributed by atoms with Crippen molar-refractivity contribution in [2.45, 2.75) is 20.0 Å². The van der Waals surface area contributed by atoms with Crippen LogP contribution in [-0.2, 0) is 17.9 Å². The molecule has 1 heterocycles. The van der Waals surface area contributed by atoms with Crippen LogP contribution in [0.4, 0.5) is 0 Å². The van der Waals surface area contributed by atoms with Gasteiger partial charge in [0, 0.05) is 12.1 Å². The molecule has 0 aliphatic rings. The predicted octanol–water partition coefficient (Wildman–Crippen LogP) is 3.24. The fourth-order valence-electron chi connectivity index (χ4n) is 2.65. The Balaban J connectivity index is 1.72. The smallest absolute Gasteiger partial charge is 0.240 e. The van der Waals surface area contributed by atoms with Crippen molar-refractivity contribution in [1.82, 2.24) is 20.1 Å². The Morgan fingerprint density at radius 2 is 2.04 bits per heavy atom. The zero-order chi connectivity index (χ0) is 18.5. The van der Waals surface area contributed by atoms with Crippen molar-refractivity contribution in [3.8, 4) is 17.1 Å². The molecule has 2 N–H and O–H groups in total. The number of hydrogen-bond donors (Lipinski definition) is 2. The average Bonchev–Trinajstić information content (AvgIpc) is 3.01. The molecular formula is C19H20N4O2S. The van der Waals surface area contributed by atoms with Gasteiger partial charge in [-0.2, -0.15) is 5.10 Å². The first-order chi connectivity index (χ1) is 12.6. The number of amides is 1. The van der Waals surface area contributed by atoms with Crippen LogP contribution in [0.25, 0.3) is 11.4 Å². The summed E-state index contributed by atoms with van der Waals surface area (Å²) in [5.74, 6) is 1.24. The first-order valence-corrected chi connectivity index (χ1v) is 8.59. The van der Waals surface area contributed by atoms with Crippen LogP contribution in [0.3, 0.4) is 0 Å². The summed E-state index contributed by atoms with van der Waals surface area (Å²) in [6, 6.07) is 15.5. The van der Waals surface area contributed by atoms with Gasteiger partial charge in [0.2, 0.25) is 5.91 Å². The average molecular weight is 368 g/mol. The molecule has 1 aromatic heterocycles. The highest BCUT2D eigenvalue weighted by atomic mass is 32.1. The Morgan fingerprint density at radius 1 is 1.27 bits per heavy atom. The molecule has 0 fully saturated rings. The van der Waals surface area contributed by atoms with E-state index in [0.29, 0.717) is 17.1 Å². The summed E-state index contributed by atoms with van der Waals surface area (Å²) in [7, 11) is 1.61. The van der Waals surface area contributed by atoms with Gasteiger partial charge in [0.1, 0.15) is 12.3 Å². The number of aromatic nitrogens is 3. The van der Waals surface area contributed by atoms with Crippen molar-refractivity contribution in [2.24, 2.45) is 0 Å². The van der Waals surface area contributed by atoms with Gasteiger partial charge in [-0.25, -0.2) is 0 Å². The maximum Gasteiger partial charge on any atom is 0.240 e. The van der Waals surface area contributed by atoms with Gasteiger partial charge in [0.05, 0.1) is 7.11 Å². The standard InChI is InChI=1S/C19H20N4O2S/c1-13-4-3-5-14(10-13)11-20-17(24)12-23-18(21-22-19(23)26)15-6-8-16(25-2)9-7-15/h3-10H,11-12H2,1-2H3,(H,20,24)(H,22,26). The molecule has 0 radical (unpaired) electrons. The molecule has 3 aromatic rings. The van der Waals surface area contributed by atoms with Gasteiger partial charge in [-0.05, 0) is 49.0 Å². The van der Waals surface area contributed by atoms with Gasteiger partial charge in [-0.3, -0.25) is 14.5 Å². The van der Waals surface area contributed by atoms with E-state index in [1.807, 2.05) is 55.5 Å². The Labute approximate surface area is 156 Å². The summed E-state index contributed by atoms with van der Waals surface area (Å²) in [6.45, 7) is 2.60. The van der Waals surface area contributed by atoms with Crippen LogP contribution in [0.2, 0.25) is 0 Å². The first-order valence-electron chi connectivity index (χ1n) is 8.18. The Bertz CT molecular complexity index is 960. The van der Waals surface area contributed by atoms with Crippen LogP contribution >= 0.6 is 12.2 Å². The lowest BCUT2D eigenvalue weighted by Gasteiger charge is -2.09. The maximum absolute atomic E-state index is 12.4. The Hall–Kier alpha value is -2.93. The lowest BCUT2D eigenvalue weighted by Crippen LogP contribution is -2.27. The number of methoxy groups -OCH3 is 1. The molecule has 0 unspecified atom stereocenters. The van der Waals surface area contributed by atoms with E-state index in [1.165, 1.54) is 0 Å². The number of H-pyrrole nitrogens is 1. The molecule has 134 valence electrons. The lowest BCUT2D eigenvalue weighted by molar-refractivity contribution is -0.121. The van der Waals surface area contributed by atoms with Gasteiger partial charge < -0.3 is 10.1 Å². The quantitative estimate of drug-likeness (QED) is 0.655. The van der Waals surface area contributed by atoms with E-state index in [4.69, 9.17) is 17.0 Å². The molecule has 3 rings (SSSR count). The zero-order valence-corrected chi connectivity index (χ0v) is 15.5. The number of aromatic amines is 1. The van der Waals surface area contributed by atoms with Crippen LogP contribution in [0, 0.1) is 11.7 Å². The molecule has 0 aliphatic heterocycles. The van der Waals surface area contributed by atoms with Crippen molar-refractivity contribution < 1.29 is 9.53 Å². The summed E-state index contributed by atoms with van der Waals surface area (Å²) in [6.07, 6.45) is 0. The van der Waals surface area contributed by atoms with Gasteiger partial charge in [-0.1, -0.05) is 29.8 Å². The molecule has 1 amide bonds. The number of aryl methyl sites for hydroxylation is 1. The van der Waals surface area contributed by atoms with Crippen molar-refractivity contribution in [1.29, 1.82) is 0 Å². The molecular weight excluding hydrogens is 348 g/mol. The van der Waals surface area contributed by atoms with Crippen molar-refractivity contribution in [3.63, 3.8) is 0 Å². The van der Waals surface area contributed by atoms with Gasteiger partial charge >= 0.3 is 0 Å². The Morgan fingerprint density at radius 3 is 2.73 bits per heavy atom. The number of nitrogens with zero attached hydrogens (tertiary/aromatic N) is 2. The zero-order valence-electron chi connectivity index (χ0n) is 14.7. The molecule has 0 saturated carbocycles. The Kier molecular flexibility index (Phi) is 5.48. The van der Waals surface area contributed by atoms with Gasteiger partial charge in [0.15, 0.2) is 10.6 Å². The van der Waals surface area contributed by atoms with E-state index in [1.54, 1.807) is 11.7 Å². The van der Waals surface area contributed by atoms with Crippen LogP contribution in [0.1, 0.15) is 11.1 Å². The highest BCUT2D eigenvalue weighted by molar-refractivity contribution is 7.71. The first kappa shape index (κ1) is 17.9. The summed E-state index contributed by atoms with van der Waals surface area (Å²) in [4.78, 5) is 12.4. The number of ether oxygens (including phenoxy) is 1. The second-order valence-corrected chi connectivity index (χ2v) is 6.32. The minimum atomic E-state index is -0.126. The van der Waals surface area contributed by atoms with E-state index >= 15 is 0 Å². The summed E-state index contributed by atoms with van der Waals surface area (Å²) in [5.41, 5.74) is 3.07. The molecule has 0 bridgehead atoms. The molecule has 0 atom stereocenters. The molecule has 0 spiro atoms. The van der Waals surface area contributed by atoms with Crippen LogP contribution in [0.15, 0.2) is 48.5 Å². The highest BCUT2D eigenvalue weighted by Crippen LogP contribution is 2.20. The monoisotopic (exact) mass is 368 g/mol. The molecule has 26 heavy (non-hydrogen) atoms. The second kappa shape index (κ2) is 7.97. The van der Waals surface area contributed by atoms with Crippen molar-refractivity contribution in [2.75, 3.05) is 7.11 Å². The second-order valence-electron chi connectivity index (χ2n) is 5.93. The van der Waals surface area contributed by atoms with E-state index in [2.05, 4.69) is 15.5 Å². The van der Waals surface area contributed by atoms with Gasteiger partial charge in [-0.15, -0.1) is 0 Å². The van der Waals surface area contributed by atoms with Crippen LogP contribution in [-0.4, -0.2) is 27.8 Å². The number of nitrogens with one attached hydrogen (secondary N) is 2. The maximum atomic E-state index is 12.4.